The Kier molecular flexibility index (Phi) is 8.71. The maximum Gasteiger partial charge on any atom is 0.192 e. The summed E-state index contributed by atoms with van der Waals surface area (Å²) in [6.07, 6.45) is 1.82. The third kappa shape index (κ3) is 6.04. The molecule has 2 N–H and O–H groups in total. The van der Waals surface area contributed by atoms with E-state index in [1.807, 2.05) is 30.7 Å². The van der Waals surface area contributed by atoms with Crippen LogP contribution in [-0.2, 0) is 20.0 Å². The summed E-state index contributed by atoms with van der Waals surface area (Å²) < 4.78 is 7.80. The molecule has 0 spiro atoms. The molecule has 1 aromatic heterocycles. The van der Waals surface area contributed by atoms with Gasteiger partial charge in [0, 0.05) is 25.6 Å². The molecule has 1 aliphatic rings. The summed E-state index contributed by atoms with van der Waals surface area (Å²) in [4.78, 5) is 4.84. The fraction of sp³-hybridized carbons (Fsp3) is 0.400. The van der Waals surface area contributed by atoms with Crippen molar-refractivity contribution in [2.45, 2.75) is 46.2 Å². The van der Waals surface area contributed by atoms with Crippen LogP contribution >= 0.6 is 24.0 Å². The minimum atomic E-state index is 0. The summed E-state index contributed by atoms with van der Waals surface area (Å²) in [5.74, 6) is 3.44. The van der Waals surface area contributed by atoms with Gasteiger partial charge < -0.3 is 19.9 Å². The minimum absolute atomic E-state index is 0. The molecule has 4 rings (SSSR count). The Balaban J connectivity index is 0.00000306. The van der Waals surface area contributed by atoms with Gasteiger partial charge in [-0.3, -0.25) is 0 Å². The molecule has 33 heavy (non-hydrogen) atoms. The third-order valence-electron chi connectivity index (χ3n) is 6.14. The van der Waals surface area contributed by atoms with Gasteiger partial charge >= 0.3 is 0 Å². The highest BCUT2D eigenvalue weighted by Crippen LogP contribution is 2.31. The molecule has 0 radical (unpaired) electrons. The van der Waals surface area contributed by atoms with E-state index in [9.17, 15) is 0 Å². The molecule has 0 aliphatic carbocycles. The quantitative estimate of drug-likeness (QED) is 0.269. The van der Waals surface area contributed by atoms with Crippen LogP contribution in [0.5, 0.6) is 5.75 Å². The number of aliphatic imine (C=N–C) groups is 1. The van der Waals surface area contributed by atoms with Gasteiger partial charge in [-0.2, -0.15) is 0 Å². The number of nitrogens with one attached hydrogen (secondary N) is 2. The van der Waals surface area contributed by atoms with Crippen LogP contribution in [-0.4, -0.2) is 33.9 Å². The first-order valence-electron chi connectivity index (χ1n) is 11.2. The molecular formula is C25H33IN6O. The maximum atomic E-state index is 5.83. The zero-order chi connectivity index (χ0) is 22.5. The van der Waals surface area contributed by atoms with Crippen LogP contribution in [0.25, 0.3) is 0 Å². The highest BCUT2D eigenvalue weighted by molar-refractivity contribution is 14.0. The number of para-hydroxylation sites is 1. The first-order valence-corrected chi connectivity index (χ1v) is 11.2. The van der Waals surface area contributed by atoms with Crippen LogP contribution in [0.3, 0.4) is 0 Å². The lowest BCUT2D eigenvalue weighted by molar-refractivity contribution is 0.261. The monoisotopic (exact) mass is 560 g/mol. The number of halogens is 1. The second-order valence-electron chi connectivity index (χ2n) is 8.31. The van der Waals surface area contributed by atoms with Crippen molar-refractivity contribution >= 4 is 29.9 Å². The molecule has 0 fully saturated rings. The molecule has 0 saturated heterocycles. The fourth-order valence-electron chi connectivity index (χ4n) is 4.10. The predicted molar refractivity (Wildman–Crippen MR) is 142 cm³/mol. The summed E-state index contributed by atoms with van der Waals surface area (Å²) in [6.45, 7) is 8.23. The molecule has 0 saturated carbocycles. The molecule has 8 heteroatoms. The van der Waals surface area contributed by atoms with Crippen LogP contribution in [0.15, 0.2) is 47.5 Å². The van der Waals surface area contributed by atoms with Gasteiger partial charge in [0.2, 0.25) is 0 Å². The van der Waals surface area contributed by atoms with Gasteiger partial charge in [0.25, 0.3) is 0 Å². The van der Waals surface area contributed by atoms with Crippen LogP contribution in [0.1, 0.15) is 46.4 Å². The Morgan fingerprint density at radius 3 is 2.58 bits per heavy atom. The number of hydrogen-bond donors (Lipinski definition) is 2. The topological polar surface area (TPSA) is 76.4 Å². The molecule has 0 bridgehead atoms. The SMILES string of the molecule is Cc1cccc(C)c1CCNC(=NCc1nnc(C)n1C)NC1CCOc2ccccc21.I. The van der Waals surface area contributed by atoms with Crippen molar-refractivity contribution in [3.63, 3.8) is 0 Å². The van der Waals surface area contributed by atoms with Gasteiger partial charge in [-0.15, -0.1) is 34.2 Å². The molecule has 176 valence electrons. The normalized spacial score (nSPS) is 15.3. The Morgan fingerprint density at radius 1 is 1.09 bits per heavy atom. The highest BCUT2D eigenvalue weighted by Gasteiger charge is 2.22. The Bertz CT molecular complexity index is 1090. The molecule has 3 aromatic rings. The first kappa shape index (κ1) is 25.0. The number of aryl methyl sites for hydroxylation is 3. The molecule has 2 heterocycles. The second kappa shape index (κ2) is 11.5. The van der Waals surface area contributed by atoms with E-state index in [1.54, 1.807) is 0 Å². The van der Waals surface area contributed by atoms with E-state index in [0.717, 1.165) is 48.3 Å². The average Bonchev–Trinajstić information content (AvgIpc) is 3.11. The van der Waals surface area contributed by atoms with Gasteiger partial charge in [-0.05, 0) is 49.9 Å². The van der Waals surface area contributed by atoms with Gasteiger partial charge in [0.05, 0.1) is 12.6 Å². The predicted octanol–water partition coefficient (Wildman–Crippen LogP) is 4.16. The summed E-state index contributed by atoms with van der Waals surface area (Å²) in [5.41, 5.74) is 5.20. The van der Waals surface area contributed by atoms with Crippen LogP contribution < -0.4 is 15.4 Å². The van der Waals surface area contributed by atoms with E-state index in [2.05, 4.69) is 65.0 Å². The minimum Gasteiger partial charge on any atom is -0.493 e. The number of aromatic nitrogens is 3. The van der Waals surface area contributed by atoms with Crippen LogP contribution in [0.2, 0.25) is 0 Å². The summed E-state index contributed by atoms with van der Waals surface area (Å²) >= 11 is 0. The van der Waals surface area contributed by atoms with Gasteiger partial charge in [-0.25, -0.2) is 4.99 Å². The first-order chi connectivity index (χ1) is 15.5. The van der Waals surface area contributed by atoms with Crippen molar-refractivity contribution < 1.29 is 4.74 Å². The molecule has 2 aromatic carbocycles. The molecular weight excluding hydrogens is 527 g/mol. The number of hydrogen-bond acceptors (Lipinski definition) is 4. The number of ether oxygens (including phenoxy) is 1. The van der Waals surface area contributed by atoms with Crippen molar-refractivity contribution in [3.05, 3.63) is 76.4 Å². The molecule has 0 amide bonds. The molecule has 1 aliphatic heterocycles. The average molecular weight is 560 g/mol. The van der Waals surface area contributed by atoms with E-state index in [-0.39, 0.29) is 30.0 Å². The number of rotatable bonds is 6. The summed E-state index contributed by atoms with van der Waals surface area (Å²) in [6, 6.07) is 14.8. The number of fused-ring (bicyclic) bond motifs is 1. The highest BCUT2D eigenvalue weighted by atomic mass is 127. The van der Waals surface area contributed by atoms with E-state index in [1.165, 1.54) is 16.7 Å². The van der Waals surface area contributed by atoms with E-state index in [4.69, 9.17) is 9.73 Å². The third-order valence-corrected chi connectivity index (χ3v) is 6.14. The van der Waals surface area contributed by atoms with Gasteiger partial charge in [0.15, 0.2) is 11.8 Å². The number of guanidine groups is 1. The zero-order valence-electron chi connectivity index (χ0n) is 19.8. The fourth-order valence-corrected chi connectivity index (χ4v) is 4.10. The Labute approximate surface area is 213 Å². The lowest BCUT2D eigenvalue weighted by Gasteiger charge is -2.28. The number of nitrogens with zero attached hydrogens (tertiary/aromatic N) is 4. The van der Waals surface area contributed by atoms with Gasteiger partial charge in [-0.1, -0.05) is 36.4 Å². The van der Waals surface area contributed by atoms with Crippen molar-refractivity contribution in [1.29, 1.82) is 0 Å². The number of benzene rings is 2. The molecule has 1 atom stereocenters. The lowest BCUT2D eigenvalue weighted by atomic mass is 10.00. The van der Waals surface area contributed by atoms with Crippen molar-refractivity contribution in [2.24, 2.45) is 12.0 Å². The Hall–Kier alpha value is -2.62. The maximum absolute atomic E-state index is 5.83. The lowest BCUT2D eigenvalue weighted by Crippen LogP contribution is -2.42. The molecule has 1 unspecified atom stereocenters. The Morgan fingerprint density at radius 2 is 1.85 bits per heavy atom. The van der Waals surface area contributed by atoms with Crippen molar-refractivity contribution in [1.82, 2.24) is 25.4 Å². The second-order valence-corrected chi connectivity index (χ2v) is 8.31. The standard InChI is InChI=1S/C25H32N6O.HI/c1-17-8-7-9-18(2)20(17)12-14-26-25(27-16-24-30-29-19(3)31(24)4)28-22-13-15-32-23-11-6-5-10-21(22)23;/h5-11,22H,12-16H2,1-4H3,(H2,26,27,28);1H. The van der Waals surface area contributed by atoms with Crippen molar-refractivity contribution in [2.75, 3.05) is 13.2 Å². The van der Waals surface area contributed by atoms with Crippen LogP contribution in [0, 0.1) is 20.8 Å². The largest absolute Gasteiger partial charge is 0.493 e. The summed E-state index contributed by atoms with van der Waals surface area (Å²) in [7, 11) is 1.97. The van der Waals surface area contributed by atoms with E-state index in [0.29, 0.717) is 13.2 Å². The zero-order valence-corrected chi connectivity index (χ0v) is 22.1. The van der Waals surface area contributed by atoms with Crippen molar-refractivity contribution in [3.8, 4) is 5.75 Å². The van der Waals surface area contributed by atoms with Crippen LogP contribution in [0.4, 0.5) is 0 Å². The van der Waals surface area contributed by atoms with E-state index >= 15 is 0 Å². The van der Waals surface area contributed by atoms with E-state index < -0.39 is 0 Å². The molecule has 7 nitrogen and oxygen atoms in total. The smallest absolute Gasteiger partial charge is 0.192 e. The summed E-state index contributed by atoms with van der Waals surface area (Å²) in [5, 5.41) is 15.6. The van der Waals surface area contributed by atoms with Gasteiger partial charge in [0.1, 0.15) is 18.1 Å².